The van der Waals surface area contributed by atoms with Crippen LogP contribution in [0.3, 0.4) is 0 Å². The number of nitro benzene ring substituents is 1. The van der Waals surface area contributed by atoms with Gasteiger partial charge in [-0.15, -0.1) is 0 Å². The summed E-state index contributed by atoms with van der Waals surface area (Å²) in [7, 11) is 0. The summed E-state index contributed by atoms with van der Waals surface area (Å²) in [5.41, 5.74) is 3.65. The molecule has 0 aliphatic carbocycles. The maximum absolute atomic E-state index is 10.9. The number of anilines is 2. The molecule has 1 heterocycles. The van der Waals surface area contributed by atoms with Crippen LogP contribution in [0.15, 0.2) is 72.8 Å². The largest absolute Gasteiger partial charge is 0.340 e. The third-order valence-corrected chi connectivity index (χ3v) is 4.22. The van der Waals surface area contributed by atoms with Gasteiger partial charge in [-0.25, -0.2) is 9.97 Å². The summed E-state index contributed by atoms with van der Waals surface area (Å²) in [6.07, 6.45) is 0. The second kappa shape index (κ2) is 6.84. The SMILES string of the molecule is Cc1cccc(Nc2nc(-c3ccc([N+](=O)[O-])cc3)nc3ccccc23)c1. The van der Waals surface area contributed by atoms with Gasteiger partial charge in [-0.2, -0.15) is 0 Å². The number of non-ortho nitro benzene ring substituents is 1. The zero-order valence-corrected chi connectivity index (χ0v) is 14.6. The average Bonchev–Trinajstić information content (AvgIpc) is 2.68. The molecule has 0 fully saturated rings. The van der Waals surface area contributed by atoms with E-state index in [-0.39, 0.29) is 5.69 Å². The van der Waals surface area contributed by atoms with Crippen LogP contribution in [0, 0.1) is 17.0 Å². The van der Waals surface area contributed by atoms with Gasteiger partial charge in [0.05, 0.1) is 10.4 Å². The van der Waals surface area contributed by atoms with Crippen LogP contribution in [0.25, 0.3) is 22.3 Å². The van der Waals surface area contributed by atoms with Crippen LogP contribution in [0.5, 0.6) is 0 Å². The lowest BCUT2D eigenvalue weighted by Gasteiger charge is -2.11. The Bertz CT molecular complexity index is 1140. The first-order valence-electron chi connectivity index (χ1n) is 8.45. The van der Waals surface area contributed by atoms with Crippen LogP contribution in [-0.4, -0.2) is 14.9 Å². The summed E-state index contributed by atoms with van der Waals surface area (Å²) in [4.78, 5) is 19.7. The number of aryl methyl sites for hydroxylation is 1. The predicted octanol–water partition coefficient (Wildman–Crippen LogP) is 5.26. The molecule has 0 atom stereocenters. The Kier molecular flexibility index (Phi) is 4.22. The lowest BCUT2D eigenvalue weighted by atomic mass is 10.1. The number of rotatable bonds is 4. The van der Waals surface area contributed by atoms with Gasteiger partial charge >= 0.3 is 0 Å². The molecule has 4 aromatic rings. The highest BCUT2D eigenvalue weighted by atomic mass is 16.6. The van der Waals surface area contributed by atoms with E-state index in [1.807, 2.05) is 55.5 Å². The van der Waals surface area contributed by atoms with Crippen LogP contribution in [0.1, 0.15) is 5.56 Å². The first-order chi connectivity index (χ1) is 13.1. The molecule has 6 nitrogen and oxygen atoms in total. The number of aromatic nitrogens is 2. The minimum atomic E-state index is -0.421. The van der Waals surface area contributed by atoms with Crippen molar-refractivity contribution in [1.29, 1.82) is 0 Å². The van der Waals surface area contributed by atoms with Gasteiger partial charge in [0.2, 0.25) is 0 Å². The molecular formula is C21H16N4O2. The third-order valence-electron chi connectivity index (χ3n) is 4.22. The van der Waals surface area contributed by atoms with Crippen LogP contribution in [0.2, 0.25) is 0 Å². The van der Waals surface area contributed by atoms with Crippen LogP contribution >= 0.6 is 0 Å². The maximum Gasteiger partial charge on any atom is 0.269 e. The van der Waals surface area contributed by atoms with E-state index in [2.05, 4.69) is 15.3 Å². The minimum absolute atomic E-state index is 0.0395. The van der Waals surface area contributed by atoms with Crippen molar-refractivity contribution >= 4 is 28.1 Å². The molecule has 0 saturated carbocycles. The van der Waals surface area contributed by atoms with Gasteiger partial charge < -0.3 is 5.32 Å². The quantitative estimate of drug-likeness (QED) is 0.398. The van der Waals surface area contributed by atoms with Gasteiger partial charge in [0.1, 0.15) is 5.82 Å². The zero-order chi connectivity index (χ0) is 18.8. The Morgan fingerprint density at radius 3 is 2.44 bits per heavy atom. The fourth-order valence-corrected chi connectivity index (χ4v) is 2.89. The van der Waals surface area contributed by atoms with Gasteiger partial charge in [0.15, 0.2) is 5.82 Å². The number of para-hydroxylation sites is 1. The highest BCUT2D eigenvalue weighted by Gasteiger charge is 2.11. The molecule has 6 heteroatoms. The van der Waals surface area contributed by atoms with Gasteiger partial charge in [-0.3, -0.25) is 10.1 Å². The van der Waals surface area contributed by atoms with Crippen LogP contribution in [0.4, 0.5) is 17.2 Å². The number of hydrogen-bond donors (Lipinski definition) is 1. The molecule has 1 N–H and O–H groups in total. The van der Waals surface area contributed by atoms with E-state index in [0.717, 1.165) is 27.7 Å². The minimum Gasteiger partial charge on any atom is -0.340 e. The molecule has 0 amide bonds. The number of fused-ring (bicyclic) bond motifs is 1. The predicted molar refractivity (Wildman–Crippen MR) is 106 cm³/mol. The van der Waals surface area contributed by atoms with Crippen molar-refractivity contribution in [1.82, 2.24) is 9.97 Å². The van der Waals surface area contributed by atoms with Crippen molar-refractivity contribution in [3.05, 3.63) is 88.5 Å². The molecule has 132 valence electrons. The van der Waals surface area contributed by atoms with E-state index < -0.39 is 4.92 Å². The second-order valence-corrected chi connectivity index (χ2v) is 6.21. The van der Waals surface area contributed by atoms with Crippen molar-refractivity contribution in [3.63, 3.8) is 0 Å². The highest BCUT2D eigenvalue weighted by Crippen LogP contribution is 2.28. The number of nitrogens with one attached hydrogen (secondary N) is 1. The first kappa shape index (κ1) is 16.7. The third kappa shape index (κ3) is 3.46. The van der Waals surface area contributed by atoms with Crippen molar-refractivity contribution < 1.29 is 4.92 Å². The summed E-state index contributed by atoms with van der Waals surface area (Å²) < 4.78 is 0. The topological polar surface area (TPSA) is 81.0 Å². The number of benzene rings is 3. The van der Waals surface area contributed by atoms with E-state index in [0.29, 0.717) is 11.6 Å². The fourth-order valence-electron chi connectivity index (χ4n) is 2.89. The maximum atomic E-state index is 10.9. The van der Waals surface area contributed by atoms with Gasteiger partial charge in [0.25, 0.3) is 5.69 Å². The number of nitro groups is 1. The molecule has 0 unspecified atom stereocenters. The van der Waals surface area contributed by atoms with E-state index in [1.165, 1.54) is 12.1 Å². The van der Waals surface area contributed by atoms with Crippen LogP contribution in [-0.2, 0) is 0 Å². The fraction of sp³-hybridized carbons (Fsp3) is 0.0476. The van der Waals surface area contributed by atoms with Gasteiger partial charge in [-0.1, -0.05) is 24.3 Å². The Labute approximate surface area is 155 Å². The molecule has 0 bridgehead atoms. The molecule has 27 heavy (non-hydrogen) atoms. The van der Waals surface area contributed by atoms with E-state index in [9.17, 15) is 10.1 Å². The molecule has 0 spiro atoms. The Morgan fingerprint density at radius 2 is 1.70 bits per heavy atom. The number of hydrogen-bond acceptors (Lipinski definition) is 5. The van der Waals surface area contributed by atoms with Crippen LogP contribution < -0.4 is 5.32 Å². The van der Waals surface area contributed by atoms with E-state index >= 15 is 0 Å². The smallest absolute Gasteiger partial charge is 0.269 e. The first-order valence-corrected chi connectivity index (χ1v) is 8.45. The molecule has 0 radical (unpaired) electrons. The molecule has 0 saturated heterocycles. The summed E-state index contributed by atoms with van der Waals surface area (Å²) >= 11 is 0. The second-order valence-electron chi connectivity index (χ2n) is 6.21. The van der Waals surface area contributed by atoms with Crippen molar-refractivity contribution in [3.8, 4) is 11.4 Å². The average molecular weight is 356 g/mol. The Balaban J connectivity index is 1.81. The lowest BCUT2D eigenvalue weighted by Crippen LogP contribution is -1.99. The van der Waals surface area contributed by atoms with Gasteiger partial charge in [0, 0.05) is 28.8 Å². The lowest BCUT2D eigenvalue weighted by molar-refractivity contribution is -0.384. The number of nitrogens with zero attached hydrogens (tertiary/aromatic N) is 3. The van der Waals surface area contributed by atoms with E-state index in [1.54, 1.807) is 12.1 Å². The highest BCUT2D eigenvalue weighted by molar-refractivity contribution is 5.92. The zero-order valence-electron chi connectivity index (χ0n) is 14.6. The van der Waals surface area contributed by atoms with E-state index in [4.69, 9.17) is 0 Å². The normalized spacial score (nSPS) is 10.7. The molecule has 0 aliphatic rings. The van der Waals surface area contributed by atoms with Crippen molar-refractivity contribution in [2.75, 3.05) is 5.32 Å². The standard InChI is InChI=1S/C21H16N4O2/c1-14-5-4-6-16(13-14)22-21-18-7-2-3-8-19(18)23-20(24-21)15-9-11-17(12-10-15)25(26)27/h2-13H,1H3,(H,22,23,24). The molecule has 0 aliphatic heterocycles. The molecule has 4 rings (SSSR count). The summed E-state index contributed by atoms with van der Waals surface area (Å²) in [5.74, 6) is 1.21. The Hall–Kier alpha value is -3.80. The summed E-state index contributed by atoms with van der Waals surface area (Å²) in [5, 5.41) is 15.1. The summed E-state index contributed by atoms with van der Waals surface area (Å²) in [6.45, 7) is 2.03. The van der Waals surface area contributed by atoms with Gasteiger partial charge in [-0.05, 0) is 48.9 Å². The molecular weight excluding hydrogens is 340 g/mol. The molecule has 1 aromatic heterocycles. The summed E-state index contributed by atoms with van der Waals surface area (Å²) in [6, 6.07) is 22.0. The molecule has 3 aromatic carbocycles. The monoisotopic (exact) mass is 356 g/mol. The van der Waals surface area contributed by atoms with Crippen molar-refractivity contribution in [2.24, 2.45) is 0 Å². The Morgan fingerprint density at radius 1 is 0.926 bits per heavy atom. The van der Waals surface area contributed by atoms with Crippen molar-refractivity contribution in [2.45, 2.75) is 6.92 Å².